The summed E-state index contributed by atoms with van der Waals surface area (Å²) in [5.74, 6) is -2.00. The molecule has 0 fully saturated rings. The fourth-order valence-corrected chi connectivity index (χ4v) is 0.869. The van der Waals surface area contributed by atoms with Gasteiger partial charge in [0.25, 0.3) is 0 Å². The van der Waals surface area contributed by atoms with Crippen LogP contribution < -0.4 is 0 Å². The molecule has 0 rings (SSSR count). The molecule has 0 radical (unpaired) electrons. The number of alkyl halides is 3. The van der Waals surface area contributed by atoms with Crippen LogP contribution in [0.4, 0.5) is 13.2 Å². The van der Waals surface area contributed by atoms with Crippen molar-refractivity contribution in [3.8, 4) is 0 Å². The maximum absolute atomic E-state index is 11.7. The summed E-state index contributed by atoms with van der Waals surface area (Å²) >= 11 is 0.781. The van der Waals surface area contributed by atoms with E-state index in [1.807, 2.05) is 0 Å². The number of amides is 1. The summed E-state index contributed by atoms with van der Waals surface area (Å²) < 4.78 is 35.2. The molecule has 0 aromatic rings. The Labute approximate surface area is 77.3 Å². The number of hydrogen-bond acceptors (Lipinski definition) is 3. The van der Waals surface area contributed by atoms with Gasteiger partial charge in [0.15, 0.2) is 0 Å². The van der Waals surface area contributed by atoms with E-state index in [0.717, 1.165) is 18.8 Å². The van der Waals surface area contributed by atoms with Crippen LogP contribution in [0.25, 0.3) is 0 Å². The van der Waals surface area contributed by atoms with E-state index in [2.05, 4.69) is 0 Å². The first-order valence-electron chi connectivity index (χ1n) is 3.18. The van der Waals surface area contributed by atoms with E-state index in [-0.39, 0.29) is 0 Å². The summed E-state index contributed by atoms with van der Waals surface area (Å²) in [6, 6.07) is 0. The Morgan fingerprint density at radius 3 is 2.15 bits per heavy atom. The zero-order chi connectivity index (χ0) is 10.6. The van der Waals surface area contributed by atoms with Gasteiger partial charge in [-0.3, -0.25) is 9.59 Å². The lowest BCUT2D eigenvalue weighted by Gasteiger charge is -2.16. The number of rotatable bonds is 2. The second kappa shape index (κ2) is 4.50. The lowest BCUT2D eigenvalue weighted by molar-refractivity contribution is -0.184. The van der Waals surface area contributed by atoms with Gasteiger partial charge in [0.2, 0.25) is 5.12 Å². The third-order valence-electron chi connectivity index (χ3n) is 1.18. The number of thioether (sulfide) groups is 1. The highest BCUT2D eigenvalue weighted by atomic mass is 32.2. The van der Waals surface area contributed by atoms with Gasteiger partial charge in [-0.1, -0.05) is 11.8 Å². The van der Waals surface area contributed by atoms with Crippen molar-refractivity contribution < 1.29 is 22.8 Å². The maximum atomic E-state index is 11.7. The van der Waals surface area contributed by atoms with E-state index in [0.29, 0.717) is 4.90 Å². The average molecular weight is 215 g/mol. The number of carbonyl (C=O) groups is 2. The molecule has 7 heteroatoms. The predicted molar refractivity (Wildman–Crippen MR) is 42.2 cm³/mol. The van der Waals surface area contributed by atoms with Crippen molar-refractivity contribution in [2.45, 2.75) is 6.18 Å². The number of carbonyl (C=O) groups excluding carboxylic acids is 2. The van der Waals surface area contributed by atoms with Gasteiger partial charge in [0.05, 0.1) is 6.54 Å². The molecule has 0 unspecified atom stereocenters. The Balaban J connectivity index is 4.20. The quantitative estimate of drug-likeness (QED) is 0.686. The monoisotopic (exact) mass is 215 g/mol. The first kappa shape index (κ1) is 12.3. The van der Waals surface area contributed by atoms with Crippen LogP contribution in [0, 0.1) is 0 Å². The molecule has 0 aliphatic rings. The molecule has 0 saturated carbocycles. The van der Waals surface area contributed by atoms with Crippen LogP contribution in [-0.2, 0) is 9.59 Å². The fourth-order valence-electron chi connectivity index (χ4n) is 0.546. The van der Waals surface area contributed by atoms with Crippen molar-refractivity contribution in [2.75, 3.05) is 19.8 Å². The summed E-state index contributed by atoms with van der Waals surface area (Å²) in [4.78, 5) is 21.5. The predicted octanol–water partition coefficient (Wildman–Crippen LogP) is 0.897. The molecule has 0 bridgehead atoms. The highest BCUT2D eigenvalue weighted by Crippen LogP contribution is 2.17. The zero-order valence-corrected chi connectivity index (χ0v) is 7.83. The highest BCUT2D eigenvalue weighted by molar-refractivity contribution is 8.13. The summed E-state index contributed by atoms with van der Waals surface area (Å²) in [6.45, 7) is -0.528. The van der Waals surface area contributed by atoms with Crippen LogP contribution in [0.15, 0.2) is 0 Å². The second-order valence-electron chi connectivity index (χ2n) is 2.24. The maximum Gasteiger partial charge on any atom is 0.471 e. The van der Waals surface area contributed by atoms with Crippen LogP contribution in [0.1, 0.15) is 0 Å². The van der Waals surface area contributed by atoms with Crippen LogP contribution in [0.3, 0.4) is 0 Å². The van der Waals surface area contributed by atoms with Crippen molar-refractivity contribution in [1.82, 2.24) is 4.90 Å². The van der Waals surface area contributed by atoms with Crippen LogP contribution in [-0.4, -0.2) is 41.9 Å². The SMILES string of the molecule is CSC(=O)CN(C)C(=O)C(F)(F)F. The molecule has 0 aromatic carbocycles. The molecular weight excluding hydrogens is 207 g/mol. The topological polar surface area (TPSA) is 37.4 Å². The molecule has 1 amide bonds. The normalized spacial score (nSPS) is 11.2. The molecule has 0 spiro atoms. The van der Waals surface area contributed by atoms with Gasteiger partial charge in [-0.2, -0.15) is 13.2 Å². The molecule has 76 valence electrons. The summed E-state index contributed by atoms with van der Waals surface area (Å²) in [5.41, 5.74) is 0. The molecule has 0 atom stereocenters. The summed E-state index contributed by atoms with van der Waals surface area (Å²) in [7, 11) is 0.934. The summed E-state index contributed by atoms with van der Waals surface area (Å²) in [6.07, 6.45) is -3.47. The van der Waals surface area contributed by atoms with Gasteiger partial charge in [0, 0.05) is 7.05 Å². The Morgan fingerprint density at radius 2 is 1.85 bits per heavy atom. The highest BCUT2D eigenvalue weighted by Gasteiger charge is 2.41. The van der Waals surface area contributed by atoms with Crippen LogP contribution >= 0.6 is 11.8 Å². The Bertz CT molecular complexity index is 216. The molecule has 3 nitrogen and oxygen atoms in total. The van der Waals surface area contributed by atoms with Crippen LogP contribution in [0.2, 0.25) is 0 Å². The van der Waals surface area contributed by atoms with Gasteiger partial charge in [0.1, 0.15) is 0 Å². The van der Waals surface area contributed by atoms with E-state index in [4.69, 9.17) is 0 Å². The van der Waals surface area contributed by atoms with Crippen molar-refractivity contribution in [3.05, 3.63) is 0 Å². The Morgan fingerprint density at radius 1 is 1.38 bits per heavy atom. The van der Waals surface area contributed by atoms with Crippen molar-refractivity contribution in [3.63, 3.8) is 0 Å². The van der Waals surface area contributed by atoms with Gasteiger partial charge in [-0.25, -0.2) is 0 Å². The first-order chi connectivity index (χ1) is 5.79. The number of halogens is 3. The average Bonchev–Trinajstić information content (AvgIpc) is 2.01. The molecule has 13 heavy (non-hydrogen) atoms. The number of hydrogen-bond donors (Lipinski definition) is 0. The van der Waals surface area contributed by atoms with E-state index in [1.54, 1.807) is 0 Å². The smallest absolute Gasteiger partial charge is 0.330 e. The van der Waals surface area contributed by atoms with E-state index in [1.165, 1.54) is 6.26 Å². The number of nitrogens with zero attached hydrogens (tertiary/aromatic N) is 1. The standard InChI is InChI=1S/C6H8F3NO2S/c1-10(3-4(11)13-2)5(12)6(7,8)9/h3H2,1-2H3. The molecule has 0 heterocycles. The second-order valence-corrected chi connectivity index (χ2v) is 3.10. The van der Waals surface area contributed by atoms with E-state index >= 15 is 0 Å². The van der Waals surface area contributed by atoms with Gasteiger partial charge in [-0.15, -0.1) is 0 Å². The van der Waals surface area contributed by atoms with Gasteiger partial charge < -0.3 is 4.90 Å². The van der Waals surface area contributed by atoms with Gasteiger partial charge >= 0.3 is 12.1 Å². The molecule has 0 saturated heterocycles. The molecule has 0 aliphatic heterocycles. The van der Waals surface area contributed by atoms with Crippen LogP contribution in [0.5, 0.6) is 0 Å². The molecular formula is C6H8F3NO2S. The Hall–Kier alpha value is -0.720. The van der Waals surface area contributed by atoms with Crippen molar-refractivity contribution >= 4 is 22.8 Å². The van der Waals surface area contributed by atoms with E-state index in [9.17, 15) is 22.8 Å². The third-order valence-corrected chi connectivity index (χ3v) is 1.77. The Kier molecular flexibility index (Phi) is 4.25. The summed E-state index contributed by atoms with van der Waals surface area (Å²) in [5, 5.41) is -0.486. The van der Waals surface area contributed by atoms with Crippen molar-refractivity contribution in [2.24, 2.45) is 0 Å². The lowest BCUT2D eigenvalue weighted by Crippen LogP contribution is -2.40. The molecule has 0 aromatic heterocycles. The van der Waals surface area contributed by atoms with Gasteiger partial charge in [-0.05, 0) is 6.26 Å². The minimum atomic E-state index is -4.91. The third kappa shape index (κ3) is 4.16. The molecule has 0 aliphatic carbocycles. The first-order valence-corrected chi connectivity index (χ1v) is 4.40. The zero-order valence-electron chi connectivity index (χ0n) is 7.01. The lowest BCUT2D eigenvalue weighted by atomic mass is 10.5. The van der Waals surface area contributed by atoms with Crippen molar-refractivity contribution in [1.29, 1.82) is 0 Å². The fraction of sp³-hybridized carbons (Fsp3) is 0.667. The van der Waals surface area contributed by atoms with E-state index < -0.39 is 23.7 Å². The minimum absolute atomic E-state index is 0.346. The minimum Gasteiger partial charge on any atom is -0.330 e. The molecule has 0 N–H and O–H groups in total. The largest absolute Gasteiger partial charge is 0.471 e. The number of likely N-dealkylation sites (N-methyl/N-ethyl adjacent to an activating group) is 1.